The summed E-state index contributed by atoms with van der Waals surface area (Å²) >= 11 is 4.94. The summed E-state index contributed by atoms with van der Waals surface area (Å²) < 4.78 is 0.735. The van der Waals surface area contributed by atoms with Crippen LogP contribution in [0.5, 0.6) is 5.75 Å². The van der Waals surface area contributed by atoms with Gasteiger partial charge in [-0.3, -0.25) is 0 Å². The number of halogens is 1. The van der Waals surface area contributed by atoms with Crippen LogP contribution in [0.1, 0.15) is 6.92 Å². The molecule has 0 aliphatic carbocycles. The van der Waals surface area contributed by atoms with Gasteiger partial charge in [0.05, 0.1) is 10.2 Å². The van der Waals surface area contributed by atoms with Gasteiger partial charge in [0.1, 0.15) is 5.75 Å². The molecule has 0 heterocycles. The quantitative estimate of drug-likeness (QED) is 0.820. The van der Waals surface area contributed by atoms with Crippen LogP contribution in [0.2, 0.25) is 0 Å². The Hall–Kier alpha value is -0.350. The largest absolute Gasteiger partial charge is 0.507 e. The lowest BCUT2D eigenvalue weighted by atomic mass is 10.3. The number of nitrogens with one attached hydrogen (secondary N) is 1. The van der Waals surface area contributed by atoms with E-state index in [0.717, 1.165) is 21.6 Å². The third-order valence-corrected chi connectivity index (χ3v) is 3.05. The number of rotatable bonds is 3. The molecule has 0 bridgehead atoms. The van der Waals surface area contributed by atoms with E-state index in [1.165, 1.54) is 0 Å². The fourth-order valence-electron chi connectivity index (χ4n) is 1.04. The van der Waals surface area contributed by atoms with E-state index in [4.69, 9.17) is 0 Å². The second kappa shape index (κ2) is 4.77. The van der Waals surface area contributed by atoms with Gasteiger partial charge in [-0.05, 0) is 35.2 Å². The van der Waals surface area contributed by atoms with Crippen molar-refractivity contribution < 1.29 is 5.11 Å². The molecule has 1 aromatic rings. The summed E-state index contributed by atoms with van der Waals surface area (Å²) in [5.41, 5.74) is 0.982. The van der Waals surface area contributed by atoms with Crippen molar-refractivity contribution in [1.82, 2.24) is 0 Å². The van der Waals surface area contributed by atoms with Gasteiger partial charge in [-0.25, -0.2) is 0 Å². The van der Waals surface area contributed by atoms with Gasteiger partial charge in [0.2, 0.25) is 0 Å². The predicted octanol–water partition coefficient (Wildman–Crippen LogP) is 3.31. The van der Waals surface area contributed by atoms with Crippen LogP contribution in [-0.4, -0.2) is 17.9 Å². The van der Waals surface area contributed by atoms with Gasteiger partial charge in [0.15, 0.2) is 0 Å². The van der Waals surface area contributed by atoms with E-state index in [9.17, 15) is 5.11 Å². The molecular formula is C9H12BrNOS. The number of hydrogen-bond donors (Lipinski definition) is 2. The van der Waals surface area contributed by atoms with E-state index < -0.39 is 0 Å². The standard InChI is InChI=1S/C9H12BrNOS/c1-3-11-7-5-8(12)6(10)4-9(7)13-2/h4-5,11-12H,3H2,1-2H3. The zero-order valence-electron chi connectivity index (χ0n) is 7.60. The molecule has 2 N–H and O–H groups in total. The highest BCUT2D eigenvalue weighted by Crippen LogP contribution is 2.35. The summed E-state index contributed by atoms with van der Waals surface area (Å²) in [6.07, 6.45) is 2.01. The summed E-state index contributed by atoms with van der Waals surface area (Å²) in [5, 5.41) is 12.6. The third-order valence-electron chi connectivity index (χ3n) is 1.64. The topological polar surface area (TPSA) is 32.3 Å². The maximum absolute atomic E-state index is 9.45. The number of benzene rings is 1. The average molecular weight is 262 g/mol. The molecule has 2 nitrogen and oxygen atoms in total. The molecule has 0 radical (unpaired) electrons. The van der Waals surface area contributed by atoms with E-state index in [0.29, 0.717) is 0 Å². The van der Waals surface area contributed by atoms with Crippen LogP contribution in [0.25, 0.3) is 0 Å². The van der Waals surface area contributed by atoms with Gasteiger partial charge in [0, 0.05) is 17.5 Å². The lowest BCUT2D eigenvalue weighted by Crippen LogP contribution is -1.97. The summed E-state index contributed by atoms with van der Waals surface area (Å²) in [7, 11) is 0. The second-order valence-corrected chi connectivity index (χ2v) is 4.24. The SMILES string of the molecule is CCNc1cc(O)c(Br)cc1SC. The summed E-state index contributed by atoms with van der Waals surface area (Å²) in [4.78, 5) is 1.13. The van der Waals surface area contributed by atoms with Gasteiger partial charge >= 0.3 is 0 Å². The van der Waals surface area contributed by atoms with Crippen molar-refractivity contribution in [1.29, 1.82) is 0 Å². The molecule has 1 aromatic carbocycles. The van der Waals surface area contributed by atoms with E-state index in [2.05, 4.69) is 21.2 Å². The fourth-order valence-corrected chi connectivity index (χ4v) is 2.12. The summed E-state index contributed by atoms with van der Waals surface area (Å²) in [5.74, 6) is 0.272. The molecule has 0 saturated heterocycles. The van der Waals surface area contributed by atoms with Crippen LogP contribution in [0.4, 0.5) is 5.69 Å². The van der Waals surface area contributed by atoms with Crippen molar-refractivity contribution in [2.45, 2.75) is 11.8 Å². The minimum atomic E-state index is 0.272. The Balaban J connectivity index is 3.09. The van der Waals surface area contributed by atoms with Crippen molar-refractivity contribution in [3.8, 4) is 5.75 Å². The average Bonchev–Trinajstić information content (AvgIpc) is 2.11. The smallest absolute Gasteiger partial charge is 0.131 e. The Kier molecular flexibility index (Phi) is 3.93. The molecule has 0 spiro atoms. The van der Waals surface area contributed by atoms with Gasteiger partial charge < -0.3 is 10.4 Å². The summed E-state index contributed by atoms with van der Waals surface area (Å²) in [6.45, 7) is 2.89. The minimum absolute atomic E-state index is 0.272. The number of anilines is 1. The lowest BCUT2D eigenvalue weighted by molar-refractivity contribution is 0.471. The zero-order chi connectivity index (χ0) is 9.84. The molecule has 0 aliphatic heterocycles. The van der Waals surface area contributed by atoms with Gasteiger partial charge in [-0.15, -0.1) is 11.8 Å². The first-order valence-corrected chi connectivity index (χ1v) is 6.01. The second-order valence-electron chi connectivity index (χ2n) is 2.53. The first-order valence-electron chi connectivity index (χ1n) is 3.99. The van der Waals surface area contributed by atoms with Crippen LogP contribution in [0.3, 0.4) is 0 Å². The van der Waals surface area contributed by atoms with Crippen molar-refractivity contribution in [3.63, 3.8) is 0 Å². The van der Waals surface area contributed by atoms with Crippen molar-refractivity contribution in [2.75, 3.05) is 18.1 Å². The first-order chi connectivity index (χ1) is 6.19. The number of phenolic OH excluding ortho intramolecular Hbond substituents is 1. The van der Waals surface area contributed by atoms with Gasteiger partial charge in [0.25, 0.3) is 0 Å². The van der Waals surface area contributed by atoms with Crippen LogP contribution < -0.4 is 5.32 Å². The third kappa shape index (κ3) is 2.54. The monoisotopic (exact) mass is 261 g/mol. The highest BCUT2D eigenvalue weighted by molar-refractivity contribution is 9.10. The number of thioether (sulfide) groups is 1. The molecule has 4 heteroatoms. The highest BCUT2D eigenvalue weighted by atomic mass is 79.9. The van der Waals surface area contributed by atoms with E-state index in [1.807, 2.05) is 19.2 Å². The Bertz CT molecular complexity index is 304. The molecular weight excluding hydrogens is 250 g/mol. The molecule has 0 saturated carbocycles. The van der Waals surface area contributed by atoms with E-state index in [1.54, 1.807) is 17.8 Å². The lowest BCUT2D eigenvalue weighted by Gasteiger charge is -2.10. The molecule has 0 atom stereocenters. The maximum Gasteiger partial charge on any atom is 0.131 e. The number of phenols is 1. The van der Waals surface area contributed by atoms with E-state index in [-0.39, 0.29) is 5.75 Å². The van der Waals surface area contributed by atoms with Crippen molar-refractivity contribution in [3.05, 3.63) is 16.6 Å². The Labute approximate surface area is 90.9 Å². The van der Waals surface area contributed by atoms with Gasteiger partial charge in [-0.2, -0.15) is 0 Å². The Morgan fingerprint density at radius 2 is 2.23 bits per heavy atom. The molecule has 1 rings (SSSR count). The van der Waals surface area contributed by atoms with Crippen LogP contribution in [0, 0.1) is 0 Å². The highest BCUT2D eigenvalue weighted by Gasteiger charge is 2.05. The van der Waals surface area contributed by atoms with Crippen LogP contribution >= 0.6 is 27.7 Å². The molecule has 0 amide bonds. The molecule has 0 aromatic heterocycles. The van der Waals surface area contributed by atoms with Crippen LogP contribution in [0.15, 0.2) is 21.5 Å². The van der Waals surface area contributed by atoms with Crippen molar-refractivity contribution >= 4 is 33.4 Å². The Morgan fingerprint density at radius 1 is 1.54 bits per heavy atom. The van der Waals surface area contributed by atoms with Crippen LogP contribution in [-0.2, 0) is 0 Å². The predicted molar refractivity (Wildman–Crippen MR) is 61.8 cm³/mol. The zero-order valence-corrected chi connectivity index (χ0v) is 10.00. The van der Waals surface area contributed by atoms with Gasteiger partial charge in [-0.1, -0.05) is 0 Å². The fraction of sp³-hybridized carbons (Fsp3) is 0.333. The summed E-state index contributed by atoms with van der Waals surface area (Å²) in [6, 6.07) is 3.65. The number of aromatic hydroxyl groups is 1. The molecule has 72 valence electrons. The Morgan fingerprint density at radius 3 is 2.77 bits per heavy atom. The minimum Gasteiger partial charge on any atom is -0.507 e. The number of hydrogen-bond acceptors (Lipinski definition) is 3. The first kappa shape index (κ1) is 10.7. The van der Waals surface area contributed by atoms with E-state index >= 15 is 0 Å². The molecule has 0 fully saturated rings. The molecule has 0 unspecified atom stereocenters. The van der Waals surface area contributed by atoms with Crippen molar-refractivity contribution in [2.24, 2.45) is 0 Å². The molecule has 0 aliphatic rings. The molecule has 13 heavy (non-hydrogen) atoms. The normalized spacial score (nSPS) is 10.1. The maximum atomic E-state index is 9.45.